The molecule has 1 saturated heterocycles. The van der Waals surface area contributed by atoms with Gasteiger partial charge in [-0.1, -0.05) is 60.1 Å². The van der Waals surface area contributed by atoms with Crippen LogP contribution in [0.2, 0.25) is 5.15 Å². The number of carboxylic acids is 1. The molecule has 0 saturated carbocycles. The fourth-order valence-electron chi connectivity index (χ4n) is 4.81. The summed E-state index contributed by atoms with van der Waals surface area (Å²) in [6, 6.07) is 14.8. The van der Waals surface area contributed by atoms with Gasteiger partial charge in [-0.05, 0) is 35.1 Å². The number of benzene rings is 2. The molecule has 0 radical (unpaired) electrons. The molecule has 0 bridgehead atoms. The number of halogens is 1. The Morgan fingerprint density at radius 1 is 1.11 bits per heavy atom. The second-order valence-electron chi connectivity index (χ2n) is 8.99. The second kappa shape index (κ2) is 10.5. The van der Waals surface area contributed by atoms with Crippen molar-refractivity contribution >= 4 is 40.1 Å². The van der Waals surface area contributed by atoms with Crippen molar-refractivity contribution in [2.75, 3.05) is 24.6 Å². The first kappa shape index (κ1) is 24.5. The van der Waals surface area contributed by atoms with E-state index in [1.807, 2.05) is 53.4 Å². The minimum Gasteiger partial charge on any atom is -0.480 e. The van der Waals surface area contributed by atoms with Crippen LogP contribution in [0.15, 0.2) is 48.5 Å². The molecule has 2 heterocycles. The summed E-state index contributed by atoms with van der Waals surface area (Å²) in [6.45, 7) is 1.41. The summed E-state index contributed by atoms with van der Waals surface area (Å²) < 4.78 is 5.51. The first-order valence-electron chi connectivity index (χ1n) is 11.8. The van der Waals surface area contributed by atoms with Gasteiger partial charge >= 0.3 is 12.1 Å². The number of carboxylic acid groups (broad SMARTS) is 1. The van der Waals surface area contributed by atoms with E-state index in [0.717, 1.165) is 22.3 Å². The van der Waals surface area contributed by atoms with Crippen LogP contribution >= 0.6 is 22.9 Å². The molecule has 1 fully saturated rings. The van der Waals surface area contributed by atoms with Gasteiger partial charge in [-0.25, -0.2) is 14.6 Å². The molecule has 188 valence electrons. The van der Waals surface area contributed by atoms with Crippen LogP contribution in [0.25, 0.3) is 11.1 Å². The van der Waals surface area contributed by atoms with Crippen molar-refractivity contribution in [2.24, 2.45) is 0 Å². The van der Waals surface area contributed by atoms with Crippen LogP contribution in [0.3, 0.4) is 0 Å². The topological polar surface area (TPSA) is 112 Å². The van der Waals surface area contributed by atoms with Crippen molar-refractivity contribution in [3.05, 3.63) is 69.7 Å². The van der Waals surface area contributed by atoms with E-state index in [-0.39, 0.29) is 30.2 Å². The zero-order chi connectivity index (χ0) is 25.2. The van der Waals surface area contributed by atoms with E-state index in [0.29, 0.717) is 35.9 Å². The number of carbonyl (C=O) groups is 2. The fraction of sp³-hybridized carbons (Fsp3) is 0.346. The molecule has 1 amide bonds. The van der Waals surface area contributed by atoms with Crippen molar-refractivity contribution < 1.29 is 24.5 Å². The molecule has 1 aromatic heterocycles. The molecule has 5 rings (SSSR count). The van der Waals surface area contributed by atoms with Crippen LogP contribution in [0.1, 0.15) is 34.8 Å². The number of aliphatic carboxylic acids is 1. The van der Waals surface area contributed by atoms with Gasteiger partial charge in [0.2, 0.25) is 0 Å². The number of aliphatic hydroxyl groups is 1. The van der Waals surface area contributed by atoms with E-state index in [2.05, 4.69) is 10.3 Å². The van der Waals surface area contributed by atoms with Crippen LogP contribution in [-0.2, 0) is 16.0 Å². The SMILES string of the molecule is O=C(NC(Cc1sc(N2CCC(O)CC2)nc1Cl)C(=O)O)OCC1c2ccccc2-c2ccccc21. The predicted octanol–water partition coefficient (Wildman–Crippen LogP) is 4.29. The zero-order valence-corrected chi connectivity index (χ0v) is 21.0. The third-order valence-corrected chi connectivity index (χ3v) is 8.26. The lowest BCUT2D eigenvalue weighted by molar-refractivity contribution is -0.139. The number of aliphatic hydroxyl groups excluding tert-OH is 1. The number of fused-ring (bicyclic) bond motifs is 3. The number of nitrogens with one attached hydrogen (secondary N) is 1. The molecule has 36 heavy (non-hydrogen) atoms. The van der Waals surface area contributed by atoms with Crippen molar-refractivity contribution in [2.45, 2.75) is 37.3 Å². The number of carbonyl (C=O) groups excluding carboxylic acids is 1. The lowest BCUT2D eigenvalue weighted by Crippen LogP contribution is -2.42. The highest BCUT2D eigenvalue weighted by Crippen LogP contribution is 2.44. The minimum atomic E-state index is -1.21. The van der Waals surface area contributed by atoms with Gasteiger partial charge in [0.25, 0.3) is 0 Å². The monoisotopic (exact) mass is 527 g/mol. The van der Waals surface area contributed by atoms with Gasteiger partial charge in [0.05, 0.1) is 6.10 Å². The van der Waals surface area contributed by atoms with Gasteiger partial charge < -0.3 is 25.2 Å². The zero-order valence-electron chi connectivity index (χ0n) is 19.4. The smallest absolute Gasteiger partial charge is 0.407 e. The van der Waals surface area contributed by atoms with Gasteiger partial charge in [-0.2, -0.15) is 0 Å². The van der Waals surface area contributed by atoms with Crippen LogP contribution in [0, 0.1) is 0 Å². The molecule has 1 atom stereocenters. The van der Waals surface area contributed by atoms with E-state index in [9.17, 15) is 19.8 Å². The Balaban J connectivity index is 1.23. The Morgan fingerprint density at radius 2 is 1.72 bits per heavy atom. The molecule has 3 aromatic rings. The molecule has 1 aliphatic heterocycles. The normalized spacial score (nSPS) is 16.3. The molecule has 1 aliphatic carbocycles. The largest absolute Gasteiger partial charge is 0.480 e. The van der Waals surface area contributed by atoms with Crippen LogP contribution in [-0.4, -0.2) is 59.1 Å². The Labute approximate surface area is 217 Å². The van der Waals surface area contributed by atoms with Crippen molar-refractivity contribution in [3.63, 3.8) is 0 Å². The fourth-order valence-corrected chi connectivity index (χ4v) is 6.18. The summed E-state index contributed by atoms with van der Waals surface area (Å²) in [4.78, 5) is 31.5. The predicted molar refractivity (Wildman–Crippen MR) is 138 cm³/mol. The third-order valence-electron chi connectivity index (χ3n) is 6.70. The first-order valence-corrected chi connectivity index (χ1v) is 13.0. The number of ether oxygens (including phenoxy) is 1. The highest BCUT2D eigenvalue weighted by molar-refractivity contribution is 7.16. The number of aromatic nitrogens is 1. The highest BCUT2D eigenvalue weighted by atomic mass is 35.5. The highest BCUT2D eigenvalue weighted by Gasteiger charge is 2.30. The number of anilines is 1. The summed E-state index contributed by atoms with van der Waals surface area (Å²) >= 11 is 7.61. The van der Waals surface area contributed by atoms with E-state index in [1.165, 1.54) is 11.3 Å². The quantitative estimate of drug-likeness (QED) is 0.420. The van der Waals surface area contributed by atoms with Gasteiger partial charge in [0, 0.05) is 30.3 Å². The van der Waals surface area contributed by atoms with Crippen LogP contribution < -0.4 is 10.2 Å². The van der Waals surface area contributed by atoms with Crippen molar-refractivity contribution in [1.82, 2.24) is 10.3 Å². The Kier molecular flexibility index (Phi) is 7.13. The molecule has 10 heteroatoms. The molecule has 0 spiro atoms. The van der Waals surface area contributed by atoms with E-state index in [4.69, 9.17) is 16.3 Å². The molecular weight excluding hydrogens is 502 g/mol. The standard InChI is InChI=1S/C26H26ClN3O5S/c27-23-22(36-25(29-23)30-11-9-15(31)10-12-30)13-21(24(32)33)28-26(34)35-14-20-18-7-3-1-5-16(18)17-6-2-4-8-19(17)20/h1-8,15,20-21,31H,9-14H2,(H,28,34)(H,32,33). The van der Waals surface area contributed by atoms with Crippen LogP contribution in [0.5, 0.6) is 0 Å². The number of nitrogens with zero attached hydrogens (tertiary/aromatic N) is 2. The Morgan fingerprint density at radius 3 is 2.33 bits per heavy atom. The maximum absolute atomic E-state index is 12.6. The van der Waals surface area contributed by atoms with Gasteiger partial charge in [-0.15, -0.1) is 11.3 Å². The van der Waals surface area contributed by atoms with Crippen molar-refractivity contribution in [1.29, 1.82) is 0 Å². The number of piperidine rings is 1. The molecule has 3 N–H and O–H groups in total. The maximum Gasteiger partial charge on any atom is 0.407 e. The Hall–Kier alpha value is -3.14. The molecular formula is C26H26ClN3O5S. The molecule has 1 unspecified atom stereocenters. The van der Waals surface area contributed by atoms with E-state index >= 15 is 0 Å². The maximum atomic E-state index is 12.6. The summed E-state index contributed by atoms with van der Waals surface area (Å²) in [6.07, 6.45) is 0.178. The minimum absolute atomic E-state index is 0.00745. The average molecular weight is 528 g/mol. The lowest BCUT2D eigenvalue weighted by atomic mass is 9.98. The van der Waals surface area contributed by atoms with Gasteiger partial charge in [0.15, 0.2) is 5.13 Å². The van der Waals surface area contributed by atoms with Crippen LogP contribution in [0.4, 0.5) is 9.93 Å². The summed E-state index contributed by atoms with van der Waals surface area (Å²) in [7, 11) is 0. The third kappa shape index (κ3) is 5.04. The van der Waals surface area contributed by atoms with E-state index < -0.39 is 18.1 Å². The van der Waals surface area contributed by atoms with Gasteiger partial charge in [0.1, 0.15) is 17.8 Å². The summed E-state index contributed by atoms with van der Waals surface area (Å²) in [5.74, 6) is -1.30. The number of amides is 1. The summed E-state index contributed by atoms with van der Waals surface area (Å²) in [5.41, 5.74) is 4.39. The number of hydrogen-bond donors (Lipinski definition) is 3. The number of thiazole rings is 1. The first-order chi connectivity index (χ1) is 17.4. The average Bonchev–Trinajstić information content (AvgIpc) is 3.40. The number of hydrogen-bond acceptors (Lipinski definition) is 7. The second-order valence-corrected chi connectivity index (χ2v) is 10.4. The lowest BCUT2D eigenvalue weighted by Gasteiger charge is -2.29. The molecule has 8 nitrogen and oxygen atoms in total. The number of rotatable bonds is 7. The van der Waals surface area contributed by atoms with Crippen molar-refractivity contribution in [3.8, 4) is 11.1 Å². The summed E-state index contributed by atoms with van der Waals surface area (Å²) in [5, 5.41) is 22.8. The number of alkyl carbamates (subject to hydrolysis) is 1. The van der Waals surface area contributed by atoms with Gasteiger partial charge in [-0.3, -0.25) is 0 Å². The Bertz CT molecular complexity index is 1230. The molecule has 2 aromatic carbocycles. The van der Waals surface area contributed by atoms with E-state index in [1.54, 1.807) is 0 Å². The molecule has 2 aliphatic rings.